The molecule has 0 amide bonds. The van der Waals surface area contributed by atoms with Crippen LogP contribution < -0.4 is 0 Å². The Bertz CT molecular complexity index is 6500. The number of nitrogens with zero attached hydrogens (tertiary/aromatic N) is 11. The van der Waals surface area contributed by atoms with Crippen LogP contribution in [-0.2, 0) is 12.8 Å². The van der Waals surface area contributed by atoms with E-state index >= 15 is 0 Å². The summed E-state index contributed by atoms with van der Waals surface area (Å²) in [5, 5.41) is 32.4. The van der Waals surface area contributed by atoms with Crippen LogP contribution in [0.15, 0.2) is 127 Å². The molecule has 21 nitrogen and oxygen atoms in total. The molecule has 5 fully saturated rings. The number of aromatic nitrogens is 17. The van der Waals surface area contributed by atoms with E-state index in [0.29, 0.717) is 29.6 Å². The Balaban J connectivity index is 0.0000000986. The van der Waals surface area contributed by atoms with E-state index in [1.807, 2.05) is 73.6 Å². The van der Waals surface area contributed by atoms with Gasteiger partial charge in [-0.15, -0.1) is 0 Å². The van der Waals surface area contributed by atoms with E-state index in [1.165, 1.54) is 134 Å². The van der Waals surface area contributed by atoms with E-state index in [2.05, 4.69) is 184 Å². The first-order valence-corrected chi connectivity index (χ1v) is 40.7. The fraction of sp³-hybridized carbons (Fsp3) is 0.333. The number of benzene rings is 6. The number of hydrogen-bond acceptors (Lipinski definition) is 14. The molecule has 574 valence electrons. The first kappa shape index (κ1) is 70.8. The Kier molecular flexibility index (Phi) is 17.3. The summed E-state index contributed by atoms with van der Waals surface area (Å²) in [6.07, 6.45) is 19.3. The summed E-state index contributed by atoms with van der Waals surface area (Å²) in [6, 6.07) is 36.8. The van der Waals surface area contributed by atoms with E-state index in [1.54, 1.807) is 0 Å². The van der Waals surface area contributed by atoms with Gasteiger partial charge in [0, 0.05) is 109 Å². The number of aryl methyl sites for hydroxylation is 13. The third kappa shape index (κ3) is 12.9. The van der Waals surface area contributed by atoms with Crippen molar-refractivity contribution in [2.75, 3.05) is 0 Å². The van der Waals surface area contributed by atoms with Gasteiger partial charge in [0.15, 0.2) is 0 Å². The molecule has 6 N–H and O–H groups in total. The van der Waals surface area contributed by atoms with Gasteiger partial charge in [0.1, 0.15) is 57.5 Å². The fourth-order valence-corrected chi connectivity index (χ4v) is 17.7. The van der Waals surface area contributed by atoms with Crippen LogP contribution in [-0.4, -0.2) is 85.5 Å². The topological polar surface area (TPSA) is 281 Å². The number of fused-ring (bicyclic) bond motifs is 5. The van der Waals surface area contributed by atoms with Crippen LogP contribution in [0.5, 0.6) is 0 Å². The van der Waals surface area contributed by atoms with Crippen molar-refractivity contribution in [2.45, 2.75) is 203 Å². The van der Waals surface area contributed by atoms with Gasteiger partial charge in [0.2, 0.25) is 0 Å². The van der Waals surface area contributed by atoms with E-state index in [-0.39, 0.29) is 0 Å². The van der Waals surface area contributed by atoms with Crippen LogP contribution in [0, 0.1) is 83.1 Å². The van der Waals surface area contributed by atoms with Gasteiger partial charge in [-0.25, -0.2) is 19.9 Å². The van der Waals surface area contributed by atoms with Gasteiger partial charge in [-0.3, -0.25) is 10.2 Å². The van der Waals surface area contributed by atoms with Crippen molar-refractivity contribution in [1.82, 2.24) is 85.5 Å². The highest BCUT2D eigenvalue weighted by molar-refractivity contribution is 6.02. The first-order chi connectivity index (χ1) is 55.4. The number of H-pyrrole nitrogens is 6. The van der Waals surface area contributed by atoms with Crippen molar-refractivity contribution in [2.24, 2.45) is 0 Å². The number of imidazole rings is 4. The van der Waals surface area contributed by atoms with Gasteiger partial charge >= 0.3 is 0 Å². The van der Waals surface area contributed by atoms with Gasteiger partial charge in [-0.1, -0.05) is 69.2 Å². The van der Waals surface area contributed by atoms with Crippen LogP contribution in [0.2, 0.25) is 0 Å². The third-order valence-electron chi connectivity index (χ3n) is 24.2. The zero-order valence-corrected chi connectivity index (χ0v) is 66.7. The summed E-state index contributed by atoms with van der Waals surface area (Å²) >= 11 is 0. The zero-order chi connectivity index (χ0) is 77.6. The van der Waals surface area contributed by atoms with Crippen molar-refractivity contribution in [3.8, 4) is 94.8 Å². The number of hydrogen-bond donors (Lipinski definition) is 6. The van der Waals surface area contributed by atoms with E-state index in [9.17, 15) is 0 Å². The van der Waals surface area contributed by atoms with Gasteiger partial charge in [0.25, 0.3) is 0 Å². The van der Waals surface area contributed by atoms with Crippen LogP contribution >= 0.6 is 0 Å². The van der Waals surface area contributed by atoms with Crippen LogP contribution in [0.4, 0.5) is 0 Å². The molecule has 6 aliphatic carbocycles. The summed E-state index contributed by atoms with van der Waals surface area (Å²) in [6.45, 7) is 24.4. The summed E-state index contributed by atoms with van der Waals surface area (Å²) in [7, 11) is 0. The summed E-state index contributed by atoms with van der Waals surface area (Å²) < 4.78 is 24.2. The lowest BCUT2D eigenvalue weighted by atomic mass is 9.91. The second-order valence-corrected chi connectivity index (χ2v) is 33.0. The smallest absolute Gasteiger partial charge is 0.141 e. The summed E-state index contributed by atoms with van der Waals surface area (Å²) in [5.74, 6) is 10.7. The highest BCUT2D eigenvalue weighted by atomic mass is 16.5. The molecule has 0 radical (unpaired) electrons. The lowest BCUT2D eigenvalue weighted by Gasteiger charge is -2.17. The Morgan fingerprint density at radius 1 is 0.351 bits per heavy atom. The summed E-state index contributed by atoms with van der Waals surface area (Å²) in [4.78, 5) is 34.5. The zero-order valence-electron chi connectivity index (χ0n) is 66.7. The Morgan fingerprint density at radius 2 is 0.737 bits per heavy atom. The van der Waals surface area contributed by atoms with Crippen molar-refractivity contribution >= 4 is 44.1 Å². The largest absolute Gasteiger partial charge is 0.361 e. The quantitative estimate of drug-likeness (QED) is 0.0591. The maximum atomic E-state index is 5.47. The Hall–Kier alpha value is -12.3. The van der Waals surface area contributed by atoms with Crippen LogP contribution in [0.1, 0.15) is 215 Å². The lowest BCUT2D eigenvalue weighted by molar-refractivity contribution is 0.393. The molecule has 11 aromatic heterocycles. The van der Waals surface area contributed by atoms with Crippen molar-refractivity contribution in [3.05, 3.63) is 218 Å². The highest BCUT2D eigenvalue weighted by Gasteiger charge is 2.36. The summed E-state index contributed by atoms with van der Waals surface area (Å²) in [5.41, 5.74) is 39.8. The van der Waals surface area contributed by atoms with Crippen molar-refractivity contribution in [3.63, 3.8) is 0 Å². The number of aromatic amines is 6. The lowest BCUT2D eigenvalue weighted by Crippen LogP contribution is -2.07. The van der Waals surface area contributed by atoms with Gasteiger partial charge in [0.05, 0.1) is 72.8 Å². The van der Waals surface area contributed by atoms with E-state index in [4.69, 9.17) is 38.0 Å². The van der Waals surface area contributed by atoms with E-state index in [0.717, 1.165) is 204 Å². The molecule has 0 aliphatic heterocycles. The van der Waals surface area contributed by atoms with Crippen LogP contribution in [0.3, 0.4) is 0 Å². The maximum Gasteiger partial charge on any atom is 0.141 e. The number of rotatable bonds is 14. The molecule has 21 heteroatoms. The molecule has 0 unspecified atom stereocenters. The van der Waals surface area contributed by atoms with Crippen molar-refractivity contribution in [1.29, 1.82) is 0 Å². The Labute approximate surface area is 659 Å². The molecule has 0 spiro atoms. The second kappa shape index (κ2) is 27.8. The highest BCUT2D eigenvalue weighted by Crippen LogP contribution is 2.51. The fourth-order valence-electron chi connectivity index (χ4n) is 17.7. The normalized spacial score (nSPS) is 15.4. The average Bonchev–Trinajstić information content (AvgIpc) is 1.57. The Morgan fingerprint density at radius 3 is 1.17 bits per heavy atom. The van der Waals surface area contributed by atoms with Crippen molar-refractivity contribution < 1.29 is 18.1 Å². The predicted octanol–water partition coefficient (Wildman–Crippen LogP) is 22.7. The van der Waals surface area contributed by atoms with Gasteiger partial charge in [-0.2, -0.15) is 10.2 Å². The maximum absolute atomic E-state index is 5.47. The van der Waals surface area contributed by atoms with Gasteiger partial charge in [-0.05, 0) is 272 Å². The standard InChI is InChI=1S/C25H23N5O.C23H24N4O.C23H23N3O.C22H23N5O/c1-13-22(23(29-28-13)16-7-5-4-6-8-16)19-11-18(21-14(2)30-31-15(21)3)12-20-24(19)27-25(26-20)17-9-10-17;1-13-21(14(2)28-26-13)17-11-18-22(25-23(24-18)16-7-8-16)20(12-17)27-10-9-15-5-3-4-6-19(15)27;1-12-6-5-7-13(2)20(12)18-10-17(21-14(3)26-27-15(21)4)11-19-22(18)25-23(24-19)16-8-9-16;1-10-19(20(26-25-10)13-4-5-13)16-8-15(18-11(2)27-28-12(18)3)9-17-21(16)24-22(23-17)14-6-7-14/h4-8,11-12,17H,9-10H2,1-3H3,(H,26,27)(H,28,29);9-12,16H,3-8H2,1-2H3,(H,24,25);5-7,10-11,16H,8-9H2,1-4H3,(H,24,25);8-9,13-14H,4-7H2,1-3H3,(H,23,24)(H,25,26). The minimum absolute atomic E-state index is 0.543. The molecular weight excluding hydrogens is 1420 g/mol. The average molecular weight is 1510 g/mol. The van der Waals surface area contributed by atoms with E-state index < -0.39 is 0 Å². The molecule has 11 heterocycles. The minimum atomic E-state index is 0.543. The molecule has 0 atom stereocenters. The molecule has 6 aromatic carbocycles. The van der Waals surface area contributed by atoms with Gasteiger partial charge < -0.3 is 42.6 Å². The second-order valence-electron chi connectivity index (χ2n) is 33.0. The number of nitrogens with one attached hydrogen (secondary N) is 6. The molecule has 17 aromatic rings. The predicted molar refractivity (Wildman–Crippen MR) is 445 cm³/mol. The monoisotopic (exact) mass is 1510 g/mol. The molecule has 5 saturated carbocycles. The SMILES string of the molecule is Cc1cccc(C)c1-c1cc(-c2c(C)noc2C)cc2[nH]c(C3CC3)nc12.Cc1noc(C)c1-c1cc(-c2c(-c3ccccc3)n[nH]c2C)c2nc(C3CC3)[nH]c2c1.Cc1noc(C)c1-c1cc(-c2c(C3CC3)n[nH]c2C)c2nc(C3CC3)[nH]c2c1.Cc1noc(C)c1-c1cc(-n2ccc3c2CCCC3)c2nc(C3CC3)[nH]c2c1. The molecule has 0 saturated heterocycles. The molecule has 23 rings (SSSR count). The van der Waals surface area contributed by atoms with Crippen LogP contribution in [0.25, 0.3) is 139 Å². The molecular formula is C93H93N17O4. The molecule has 6 aliphatic rings. The minimum Gasteiger partial charge on any atom is -0.361 e. The first-order valence-electron chi connectivity index (χ1n) is 40.7. The molecule has 0 bridgehead atoms. The third-order valence-corrected chi connectivity index (χ3v) is 24.2. The molecule has 114 heavy (non-hydrogen) atoms.